The van der Waals surface area contributed by atoms with Crippen molar-refractivity contribution >= 4 is 50.1 Å². The fourth-order valence-electron chi connectivity index (χ4n) is 3.64. The second kappa shape index (κ2) is 5.92. The van der Waals surface area contributed by atoms with E-state index >= 15 is 0 Å². The van der Waals surface area contributed by atoms with E-state index in [0.29, 0.717) is 0 Å². The molecule has 4 nitrogen and oxygen atoms in total. The number of H-pyrrole nitrogens is 2. The first-order valence-corrected chi connectivity index (χ1v) is 9.79. The summed E-state index contributed by atoms with van der Waals surface area (Å²) in [6.45, 7) is 4.48. The molecule has 5 heteroatoms. The molecule has 5 rings (SSSR count). The van der Waals surface area contributed by atoms with Gasteiger partial charge in [-0.2, -0.15) is 0 Å². The summed E-state index contributed by atoms with van der Waals surface area (Å²) < 4.78 is 1.02. The van der Waals surface area contributed by atoms with E-state index in [9.17, 15) is 0 Å². The third kappa shape index (κ3) is 3.12. The van der Waals surface area contributed by atoms with Crippen LogP contribution in [0.1, 0.15) is 36.6 Å². The summed E-state index contributed by atoms with van der Waals surface area (Å²) in [7, 11) is 0. The number of nitrogens with zero attached hydrogens (tertiary/aromatic N) is 2. The van der Waals surface area contributed by atoms with Crippen molar-refractivity contribution in [3.05, 3.63) is 69.7 Å². The van der Waals surface area contributed by atoms with E-state index in [4.69, 9.17) is 9.97 Å². The zero-order valence-corrected chi connectivity index (χ0v) is 16.8. The van der Waals surface area contributed by atoms with E-state index in [-0.39, 0.29) is 5.41 Å². The zero-order chi connectivity index (χ0) is 18.6. The predicted molar refractivity (Wildman–Crippen MR) is 114 cm³/mol. The summed E-state index contributed by atoms with van der Waals surface area (Å²) in [5.41, 5.74) is 8.20. The van der Waals surface area contributed by atoms with Crippen molar-refractivity contribution in [1.82, 2.24) is 19.9 Å². The van der Waals surface area contributed by atoms with Gasteiger partial charge in [0.2, 0.25) is 0 Å². The monoisotopic (exact) mass is 418 g/mol. The minimum absolute atomic E-state index is 0.00923. The van der Waals surface area contributed by atoms with Gasteiger partial charge in [-0.3, -0.25) is 4.98 Å². The van der Waals surface area contributed by atoms with Crippen LogP contribution in [-0.4, -0.2) is 19.9 Å². The Morgan fingerprint density at radius 2 is 1.59 bits per heavy atom. The van der Waals surface area contributed by atoms with E-state index in [0.717, 1.165) is 55.7 Å². The average molecular weight is 419 g/mol. The van der Waals surface area contributed by atoms with Gasteiger partial charge in [-0.15, -0.1) is 0 Å². The molecular weight excluding hydrogens is 400 g/mol. The van der Waals surface area contributed by atoms with Crippen molar-refractivity contribution in [2.75, 3.05) is 0 Å². The summed E-state index contributed by atoms with van der Waals surface area (Å²) in [5.74, 6) is 0. The third-order valence-electron chi connectivity index (χ3n) is 5.02. The first-order valence-electron chi connectivity index (χ1n) is 9.00. The number of aromatic amines is 2. The first-order chi connectivity index (χ1) is 12.9. The van der Waals surface area contributed by atoms with Crippen LogP contribution in [-0.2, 0) is 11.8 Å². The lowest BCUT2D eigenvalue weighted by Crippen LogP contribution is -2.14. The van der Waals surface area contributed by atoms with Gasteiger partial charge in [0.15, 0.2) is 0 Å². The standard InChI is InChI=1S/C22H19BrN4/c1-22(2)12-18-8-17-9-19(23)20(26-17)10-15-5-3-13(24-15)7-14-4-6-16(25-14)11-21(22)27-18/h3-11,25-26H,12H2,1-2H3. The molecule has 27 heavy (non-hydrogen) atoms. The Labute approximate surface area is 165 Å². The molecule has 0 saturated carbocycles. The van der Waals surface area contributed by atoms with Gasteiger partial charge in [-0.1, -0.05) is 13.8 Å². The molecule has 0 spiro atoms. The molecule has 3 aromatic rings. The van der Waals surface area contributed by atoms with E-state index in [2.05, 4.69) is 82.2 Å². The number of fused-ring (bicyclic) bond motifs is 8. The van der Waals surface area contributed by atoms with E-state index in [1.54, 1.807) is 0 Å². The SMILES string of the molecule is CC1(C)Cc2cc3cc(Br)c(cc4nc(cc5ccc(cc1n2)[nH]5)C=C4)[nH]3. The molecule has 2 aliphatic heterocycles. The lowest BCUT2D eigenvalue weighted by Gasteiger charge is -2.15. The lowest BCUT2D eigenvalue weighted by atomic mass is 9.87. The van der Waals surface area contributed by atoms with E-state index in [1.807, 2.05) is 12.2 Å². The summed E-state index contributed by atoms with van der Waals surface area (Å²) in [6.07, 6.45) is 4.98. The van der Waals surface area contributed by atoms with Crippen LogP contribution in [0.25, 0.3) is 34.2 Å². The number of nitrogens with one attached hydrogen (secondary N) is 2. The number of hydrogen-bond donors (Lipinski definition) is 2. The van der Waals surface area contributed by atoms with Gasteiger partial charge in [0, 0.05) is 44.2 Å². The highest BCUT2D eigenvalue weighted by Crippen LogP contribution is 2.31. The quantitative estimate of drug-likeness (QED) is 0.380. The Morgan fingerprint density at radius 3 is 2.41 bits per heavy atom. The number of aromatic nitrogens is 4. The summed E-state index contributed by atoms with van der Waals surface area (Å²) in [4.78, 5) is 16.5. The minimum Gasteiger partial charge on any atom is -0.355 e. The Morgan fingerprint density at radius 1 is 0.852 bits per heavy atom. The Kier molecular flexibility index (Phi) is 3.62. The summed E-state index contributed by atoms with van der Waals surface area (Å²) >= 11 is 3.65. The topological polar surface area (TPSA) is 57.4 Å². The highest BCUT2D eigenvalue weighted by Gasteiger charge is 2.28. The molecule has 0 unspecified atom stereocenters. The summed E-state index contributed by atoms with van der Waals surface area (Å²) in [5, 5.41) is 0. The van der Waals surface area contributed by atoms with Crippen molar-refractivity contribution in [3.63, 3.8) is 0 Å². The van der Waals surface area contributed by atoms with Crippen LogP contribution in [0.5, 0.6) is 0 Å². The molecule has 0 atom stereocenters. The molecule has 2 N–H and O–H groups in total. The number of rotatable bonds is 0. The van der Waals surface area contributed by atoms with Crippen LogP contribution in [0.15, 0.2) is 46.9 Å². The zero-order valence-electron chi connectivity index (χ0n) is 15.2. The first kappa shape index (κ1) is 16.5. The smallest absolute Gasteiger partial charge is 0.0658 e. The van der Waals surface area contributed by atoms with Crippen molar-refractivity contribution in [1.29, 1.82) is 0 Å². The Balaban J connectivity index is 1.87. The van der Waals surface area contributed by atoms with E-state index < -0.39 is 0 Å². The second-order valence-corrected chi connectivity index (χ2v) is 8.63. The van der Waals surface area contributed by atoms with Crippen LogP contribution >= 0.6 is 15.9 Å². The normalized spacial score (nSPS) is 15.2. The average Bonchev–Trinajstić information content (AvgIpc) is 3.33. The molecule has 2 aliphatic rings. The van der Waals surface area contributed by atoms with Gasteiger partial charge in [0.1, 0.15) is 0 Å². The van der Waals surface area contributed by atoms with Gasteiger partial charge in [-0.05, 0) is 70.5 Å². The van der Waals surface area contributed by atoms with Gasteiger partial charge >= 0.3 is 0 Å². The van der Waals surface area contributed by atoms with Crippen LogP contribution in [0.2, 0.25) is 0 Å². The van der Waals surface area contributed by atoms with Crippen LogP contribution < -0.4 is 0 Å². The highest BCUT2D eigenvalue weighted by molar-refractivity contribution is 9.10. The molecule has 0 amide bonds. The molecule has 5 heterocycles. The minimum atomic E-state index is 0.00923. The van der Waals surface area contributed by atoms with Gasteiger partial charge < -0.3 is 9.97 Å². The fourth-order valence-corrected chi connectivity index (χ4v) is 4.10. The van der Waals surface area contributed by atoms with Gasteiger partial charge in [0.05, 0.1) is 16.9 Å². The van der Waals surface area contributed by atoms with Crippen molar-refractivity contribution in [2.24, 2.45) is 0 Å². The lowest BCUT2D eigenvalue weighted by molar-refractivity contribution is 0.543. The molecule has 134 valence electrons. The van der Waals surface area contributed by atoms with Crippen LogP contribution in [0.3, 0.4) is 0 Å². The Hall–Kier alpha value is -2.66. The van der Waals surface area contributed by atoms with Gasteiger partial charge in [-0.25, -0.2) is 4.98 Å². The summed E-state index contributed by atoms with van der Waals surface area (Å²) in [6, 6.07) is 14.7. The van der Waals surface area contributed by atoms with Crippen molar-refractivity contribution < 1.29 is 0 Å². The molecule has 0 saturated heterocycles. The third-order valence-corrected chi connectivity index (χ3v) is 5.68. The van der Waals surface area contributed by atoms with Crippen molar-refractivity contribution in [2.45, 2.75) is 25.7 Å². The Bertz CT molecular complexity index is 1240. The number of halogens is 1. The van der Waals surface area contributed by atoms with Gasteiger partial charge in [0.25, 0.3) is 0 Å². The second-order valence-electron chi connectivity index (χ2n) is 7.78. The van der Waals surface area contributed by atoms with E-state index in [1.165, 1.54) is 0 Å². The van der Waals surface area contributed by atoms with Crippen LogP contribution in [0.4, 0.5) is 0 Å². The maximum Gasteiger partial charge on any atom is 0.0658 e. The molecule has 0 aromatic carbocycles. The molecule has 3 aromatic heterocycles. The largest absolute Gasteiger partial charge is 0.355 e. The molecular formula is C22H19BrN4. The molecule has 0 fully saturated rings. The predicted octanol–water partition coefficient (Wildman–Crippen LogP) is 5.77. The maximum absolute atomic E-state index is 4.91. The van der Waals surface area contributed by atoms with Crippen molar-refractivity contribution in [3.8, 4) is 0 Å². The molecule has 0 aliphatic carbocycles. The van der Waals surface area contributed by atoms with Crippen LogP contribution in [0, 0.1) is 0 Å². The maximum atomic E-state index is 4.91. The number of hydrogen-bond acceptors (Lipinski definition) is 2. The molecule has 0 radical (unpaired) electrons. The fraction of sp³-hybridized carbons (Fsp3) is 0.182. The highest BCUT2D eigenvalue weighted by atomic mass is 79.9. The molecule has 8 bridgehead atoms.